The van der Waals surface area contributed by atoms with Gasteiger partial charge in [-0.2, -0.15) is 0 Å². The van der Waals surface area contributed by atoms with E-state index in [1.54, 1.807) is 10.1 Å². The molecule has 0 unspecified atom stereocenters. The van der Waals surface area contributed by atoms with Crippen molar-refractivity contribution in [2.24, 2.45) is 0 Å². The van der Waals surface area contributed by atoms with Gasteiger partial charge in [0, 0.05) is 5.38 Å². The van der Waals surface area contributed by atoms with Crippen LogP contribution in [0.2, 0.25) is 0 Å². The Morgan fingerprint density at radius 2 is 1.71 bits per heavy atom. The Balaban J connectivity index is 1.46. The first-order valence-electron chi connectivity index (χ1n) is 8.66. The maximum Gasteiger partial charge on any atom is 0.258 e. The predicted octanol–water partition coefficient (Wildman–Crippen LogP) is 2.55. The molecule has 140 valence electrons. The zero-order chi connectivity index (χ0) is 19.3. The summed E-state index contributed by atoms with van der Waals surface area (Å²) in [6.45, 7) is 0.0129. The number of thiazole rings is 1. The Morgan fingerprint density at radius 3 is 2.50 bits per heavy atom. The minimum absolute atomic E-state index is 0.0129. The molecule has 0 atom stereocenters. The van der Waals surface area contributed by atoms with Gasteiger partial charge in [0.25, 0.3) is 5.91 Å². The van der Waals surface area contributed by atoms with Gasteiger partial charge in [-0.25, -0.2) is 9.97 Å². The number of hydrogen-bond acceptors (Lipinski definition) is 5. The number of rotatable bonds is 5. The molecule has 2 aromatic heterocycles. The third kappa shape index (κ3) is 3.91. The summed E-state index contributed by atoms with van der Waals surface area (Å²) in [6, 6.07) is 16.9. The smallest absolute Gasteiger partial charge is 0.258 e. The number of fused-ring (bicyclic) bond motifs is 1. The number of nitrogens with one attached hydrogen (secondary N) is 2. The Kier molecular flexibility index (Phi) is 5.11. The molecule has 0 radical (unpaired) electrons. The van der Waals surface area contributed by atoms with Crippen molar-refractivity contribution >= 4 is 34.2 Å². The highest BCUT2D eigenvalue weighted by atomic mass is 32.1. The van der Waals surface area contributed by atoms with Crippen LogP contribution in [0.25, 0.3) is 22.6 Å². The molecule has 0 aliphatic rings. The average molecular weight is 391 g/mol. The number of nitrogens with zero attached hydrogens (tertiary/aromatic N) is 3. The van der Waals surface area contributed by atoms with Crippen LogP contribution in [-0.4, -0.2) is 26.3 Å². The maximum absolute atomic E-state index is 12.4. The lowest BCUT2D eigenvalue weighted by molar-refractivity contribution is -0.128. The summed E-state index contributed by atoms with van der Waals surface area (Å²) in [4.78, 5) is 33.4. The molecule has 0 aliphatic carbocycles. The fourth-order valence-corrected chi connectivity index (χ4v) is 3.43. The minimum Gasteiger partial charge on any atom is -0.313 e. The van der Waals surface area contributed by atoms with E-state index in [2.05, 4.69) is 20.8 Å². The van der Waals surface area contributed by atoms with Gasteiger partial charge in [-0.05, 0) is 17.7 Å². The standard InChI is InChI=1S/C20H17N5O2S/c26-18(10-14-6-2-1-3-7-14)23-24-19(27)11-25-17-9-5-4-8-15(17)22-20(25)16-12-28-13-21-16/h1-9,12-13H,10-11H2,(H,23,26)(H,24,27). The predicted molar refractivity (Wildman–Crippen MR) is 107 cm³/mol. The fraction of sp³-hybridized carbons (Fsp3) is 0.100. The highest BCUT2D eigenvalue weighted by Crippen LogP contribution is 2.24. The van der Waals surface area contributed by atoms with E-state index in [1.165, 1.54) is 11.3 Å². The van der Waals surface area contributed by atoms with Gasteiger partial charge < -0.3 is 4.57 Å². The number of hydrogen-bond donors (Lipinski definition) is 2. The summed E-state index contributed by atoms with van der Waals surface area (Å²) in [7, 11) is 0. The van der Waals surface area contributed by atoms with Gasteiger partial charge in [-0.1, -0.05) is 42.5 Å². The van der Waals surface area contributed by atoms with Crippen LogP contribution in [0.3, 0.4) is 0 Å². The lowest BCUT2D eigenvalue weighted by Gasteiger charge is -2.10. The van der Waals surface area contributed by atoms with Crippen molar-refractivity contribution in [2.45, 2.75) is 13.0 Å². The normalized spacial score (nSPS) is 10.7. The lowest BCUT2D eigenvalue weighted by atomic mass is 10.1. The highest BCUT2D eigenvalue weighted by Gasteiger charge is 2.16. The Labute approximate surface area is 165 Å². The number of carbonyl (C=O) groups excluding carboxylic acids is 2. The molecule has 0 saturated carbocycles. The average Bonchev–Trinajstić information content (AvgIpc) is 3.36. The van der Waals surface area contributed by atoms with Crippen LogP contribution < -0.4 is 10.9 Å². The SMILES string of the molecule is O=C(Cc1ccccc1)NNC(=O)Cn1c(-c2cscn2)nc2ccccc21. The van der Waals surface area contributed by atoms with E-state index in [9.17, 15) is 9.59 Å². The van der Waals surface area contributed by atoms with Crippen LogP contribution in [0.15, 0.2) is 65.5 Å². The van der Waals surface area contributed by atoms with E-state index >= 15 is 0 Å². The van der Waals surface area contributed by atoms with Crippen molar-refractivity contribution in [2.75, 3.05) is 0 Å². The summed E-state index contributed by atoms with van der Waals surface area (Å²) in [5.74, 6) is -0.0102. The van der Waals surface area contributed by atoms with Gasteiger partial charge in [0.2, 0.25) is 5.91 Å². The molecule has 4 aromatic rings. The molecule has 2 amide bonds. The molecular weight excluding hydrogens is 374 g/mol. The Hall–Kier alpha value is -3.52. The fourth-order valence-electron chi connectivity index (χ4n) is 2.90. The van der Waals surface area contributed by atoms with Crippen LogP contribution in [0.5, 0.6) is 0 Å². The summed E-state index contributed by atoms with van der Waals surface area (Å²) < 4.78 is 1.79. The van der Waals surface area contributed by atoms with E-state index in [4.69, 9.17) is 0 Å². The van der Waals surface area contributed by atoms with Gasteiger partial charge in [-0.15, -0.1) is 11.3 Å². The van der Waals surface area contributed by atoms with Crippen molar-refractivity contribution < 1.29 is 9.59 Å². The van der Waals surface area contributed by atoms with Crippen molar-refractivity contribution in [3.05, 3.63) is 71.1 Å². The van der Waals surface area contributed by atoms with Gasteiger partial charge in [0.05, 0.1) is 23.0 Å². The molecule has 0 saturated heterocycles. The minimum atomic E-state index is -0.346. The topological polar surface area (TPSA) is 88.9 Å². The largest absolute Gasteiger partial charge is 0.313 e. The van der Waals surface area contributed by atoms with Crippen molar-refractivity contribution in [1.29, 1.82) is 0 Å². The number of carbonyl (C=O) groups is 2. The molecule has 8 heteroatoms. The van der Waals surface area contributed by atoms with Crippen LogP contribution in [0, 0.1) is 0 Å². The van der Waals surface area contributed by atoms with E-state index < -0.39 is 0 Å². The van der Waals surface area contributed by atoms with E-state index in [-0.39, 0.29) is 24.8 Å². The molecule has 0 aliphatic heterocycles. The first kappa shape index (κ1) is 17.9. The van der Waals surface area contributed by atoms with Crippen molar-refractivity contribution in [3.8, 4) is 11.5 Å². The first-order chi connectivity index (χ1) is 13.7. The molecular formula is C20H17N5O2S. The highest BCUT2D eigenvalue weighted by molar-refractivity contribution is 7.07. The molecule has 2 heterocycles. The molecule has 7 nitrogen and oxygen atoms in total. The third-order valence-electron chi connectivity index (χ3n) is 4.17. The van der Waals surface area contributed by atoms with E-state index in [1.807, 2.05) is 60.0 Å². The van der Waals surface area contributed by atoms with E-state index in [0.29, 0.717) is 11.5 Å². The lowest BCUT2D eigenvalue weighted by Crippen LogP contribution is -2.43. The van der Waals surface area contributed by atoms with Crippen LogP contribution in [0.4, 0.5) is 0 Å². The Morgan fingerprint density at radius 1 is 0.964 bits per heavy atom. The number of hydrazine groups is 1. The monoisotopic (exact) mass is 391 g/mol. The zero-order valence-electron chi connectivity index (χ0n) is 14.8. The summed E-state index contributed by atoms with van der Waals surface area (Å²) in [5, 5.41) is 1.89. The molecule has 0 bridgehead atoms. The zero-order valence-corrected chi connectivity index (χ0v) is 15.6. The van der Waals surface area contributed by atoms with Crippen LogP contribution >= 0.6 is 11.3 Å². The molecule has 28 heavy (non-hydrogen) atoms. The van der Waals surface area contributed by atoms with Crippen molar-refractivity contribution in [3.63, 3.8) is 0 Å². The molecule has 2 N–H and O–H groups in total. The molecule has 0 fully saturated rings. The molecule has 2 aromatic carbocycles. The second-order valence-corrected chi connectivity index (χ2v) is 6.86. The first-order valence-corrected chi connectivity index (χ1v) is 9.60. The van der Waals surface area contributed by atoms with Gasteiger partial charge >= 0.3 is 0 Å². The molecule has 4 rings (SSSR count). The summed E-state index contributed by atoms with van der Waals surface area (Å²) in [6.07, 6.45) is 0.194. The summed E-state index contributed by atoms with van der Waals surface area (Å²) >= 11 is 1.46. The van der Waals surface area contributed by atoms with Crippen LogP contribution in [0.1, 0.15) is 5.56 Å². The maximum atomic E-state index is 12.4. The van der Waals surface area contributed by atoms with Gasteiger partial charge in [0.1, 0.15) is 12.2 Å². The second-order valence-electron chi connectivity index (χ2n) is 6.14. The van der Waals surface area contributed by atoms with Gasteiger partial charge in [0.15, 0.2) is 5.82 Å². The second kappa shape index (κ2) is 8.01. The van der Waals surface area contributed by atoms with E-state index in [0.717, 1.165) is 16.6 Å². The Bertz CT molecular complexity index is 1110. The number of para-hydroxylation sites is 2. The van der Waals surface area contributed by atoms with Crippen LogP contribution in [-0.2, 0) is 22.6 Å². The number of aromatic nitrogens is 3. The quantitative estimate of drug-likeness (QED) is 0.512. The third-order valence-corrected chi connectivity index (χ3v) is 4.75. The van der Waals surface area contributed by atoms with Gasteiger partial charge in [-0.3, -0.25) is 20.4 Å². The number of imidazole rings is 1. The van der Waals surface area contributed by atoms with Crippen molar-refractivity contribution in [1.82, 2.24) is 25.4 Å². The summed E-state index contributed by atoms with van der Waals surface area (Å²) in [5.41, 5.74) is 9.86. The molecule has 0 spiro atoms. The number of amides is 2. The number of benzene rings is 2.